The summed E-state index contributed by atoms with van der Waals surface area (Å²) < 4.78 is 0. The second kappa shape index (κ2) is 9.14. The standard InChI is InChI=1S/C22H24N6O/c29-21(10-7-18-5-2-1-3-6-18)26-19-8-9-20(25-17-19)27-13-15-28(16-14-27)22-23-11-4-12-24-22/h1-6,8-9,11-12,17H,7,10,13-16H2,(H,26,29). The molecular formula is C22H24N6O. The van der Waals surface area contributed by atoms with Crippen LogP contribution in [0.1, 0.15) is 12.0 Å². The van der Waals surface area contributed by atoms with Crippen molar-refractivity contribution in [3.8, 4) is 0 Å². The molecule has 1 N–H and O–H groups in total. The zero-order valence-corrected chi connectivity index (χ0v) is 16.2. The zero-order valence-electron chi connectivity index (χ0n) is 16.2. The fourth-order valence-corrected chi connectivity index (χ4v) is 3.36. The van der Waals surface area contributed by atoms with Gasteiger partial charge < -0.3 is 15.1 Å². The second-order valence-electron chi connectivity index (χ2n) is 6.96. The van der Waals surface area contributed by atoms with E-state index in [1.165, 1.54) is 0 Å². The van der Waals surface area contributed by atoms with Crippen LogP contribution in [0.3, 0.4) is 0 Å². The molecule has 0 bridgehead atoms. The van der Waals surface area contributed by atoms with E-state index in [9.17, 15) is 4.79 Å². The van der Waals surface area contributed by atoms with Crippen LogP contribution in [-0.4, -0.2) is 47.0 Å². The second-order valence-corrected chi connectivity index (χ2v) is 6.96. The van der Waals surface area contributed by atoms with Crippen LogP contribution < -0.4 is 15.1 Å². The highest BCUT2D eigenvalue weighted by molar-refractivity contribution is 5.90. The fourth-order valence-electron chi connectivity index (χ4n) is 3.36. The lowest BCUT2D eigenvalue weighted by Crippen LogP contribution is -2.47. The van der Waals surface area contributed by atoms with Crippen molar-refractivity contribution in [3.05, 3.63) is 72.7 Å². The molecule has 4 rings (SSSR count). The number of rotatable bonds is 6. The van der Waals surface area contributed by atoms with E-state index in [1.54, 1.807) is 18.6 Å². The van der Waals surface area contributed by atoms with Crippen molar-refractivity contribution in [2.75, 3.05) is 41.3 Å². The van der Waals surface area contributed by atoms with Crippen LogP contribution in [0, 0.1) is 0 Å². The molecule has 3 heterocycles. The quantitative estimate of drug-likeness (QED) is 0.700. The average Bonchev–Trinajstić information content (AvgIpc) is 2.80. The molecule has 1 saturated heterocycles. The van der Waals surface area contributed by atoms with Gasteiger partial charge in [-0.1, -0.05) is 30.3 Å². The summed E-state index contributed by atoms with van der Waals surface area (Å²) in [6.45, 7) is 3.41. The van der Waals surface area contributed by atoms with Crippen molar-refractivity contribution in [2.45, 2.75) is 12.8 Å². The van der Waals surface area contributed by atoms with Gasteiger partial charge in [-0.05, 0) is 30.2 Å². The first-order chi connectivity index (χ1) is 14.3. The smallest absolute Gasteiger partial charge is 0.225 e. The first-order valence-corrected chi connectivity index (χ1v) is 9.85. The topological polar surface area (TPSA) is 74.2 Å². The van der Waals surface area contributed by atoms with Gasteiger partial charge in [-0.15, -0.1) is 0 Å². The summed E-state index contributed by atoms with van der Waals surface area (Å²) in [6, 6.07) is 15.7. The number of nitrogens with one attached hydrogen (secondary N) is 1. The van der Waals surface area contributed by atoms with Gasteiger partial charge in [0.2, 0.25) is 11.9 Å². The molecule has 0 saturated carbocycles. The van der Waals surface area contributed by atoms with E-state index in [0.717, 1.165) is 55.6 Å². The summed E-state index contributed by atoms with van der Waals surface area (Å²) in [5.41, 5.74) is 1.89. The normalized spacial score (nSPS) is 13.9. The fraction of sp³-hybridized carbons (Fsp3) is 0.273. The molecule has 1 amide bonds. The summed E-state index contributed by atoms with van der Waals surface area (Å²) in [4.78, 5) is 29.8. The Kier molecular flexibility index (Phi) is 5.95. The molecule has 0 radical (unpaired) electrons. The van der Waals surface area contributed by atoms with Gasteiger partial charge in [-0.3, -0.25) is 4.79 Å². The third-order valence-electron chi connectivity index (χ3n) is 4.95. The molecule has 1 aliphatic heterocycles. The van der Waals surface area contributed by atoms with Crippen LogP contribution in [-0.2, 0) is 11.2 Å². The first-order valence-electron chi connectivity index (χ1n) is 9.85. The number of nitrogens with zero attached hydrogens (tertiary/aromatic N) is 5. The number of carbonyl (C=O) groups is 1. The average molecular weight is 388 g/mol. The molecule has 1 fully saturated rings. The first kappa shape index (κ1) is 18.9. The van der Waals surface area contributed by atoms with Gasteiger partial charge in [0.05, 0.1) is 11.9 Å². The van der Waals surface area contributed by atoms with Gasteiger partial charge >= 0.3 is 0 Å². The number of amides is 1. The van der Waals surface area contributed by atoms with Crippen molar-refractivity contribution in [1.82, 2.24) is 15.0 Å². The van der Waals surface area contributed by atoms with Gasteiger partial charge in [0.1, 0.15) is 5.82 Å². The number of hydrogen-bond acceptors (Lipinski definition) is 6. The molecule has 0 spiro atoms. The summed E-state index contributed by atoms with van der Waals surface area (Å²) >= 11 is 0. The third-order valence-corrected chi connectivity index (χ3v) is 4.95. The largest absolute Gasteiger partial charge is 0.353 e. The lowest BCUT2D eigenvalue weighted by molar-refractivity contribution is -0.116. The Morgan fingerprint density at radius 3 is 2.28 bits per heavy atom. The Balaban J connectivity index is 1.26. The minimum atomic E-state index is -0.000113. The molecule has 2 aromatic heterocycles. The van der Waals surface area contributed by atoms with E-state index in [0.29, 0.717) is 6.42 Å². The van der Waals surface area contributed by atoms with E-state index in [-0.39, 0.29) is 5.91 Å². The number of aromatic nitrogens is 3. The maximum atomic E-state index is 12.2. The number of piperazine rings is 1. The Morgan fingerprint density at radius 1 is 0.862 bits per heavy atom. The molecule has 0 aliphatic carbocycles. The van der Waals surface area contributed by atoms with E-state index in [2.05, 4.69) is 30.1 Å². The van der Waals surface area contributed by atoms with Crippen molar-refractivity contribution >= 4 is 23.4 Å². The summed E-state index contributed by atoms with van der Waals surface area (Å²) in [5.74, 6) is 1.69. The SMILES string of the molecule is O=C(CCc1ccccc1)Nc1ccc(N2CCN(c3ncccn3)CC2)nc1. The maximum Gasteiger partial charge on any atom is 0.225 e. The molecule has 7 heteroatoms. The Labute approximate surface area is 170 Å². The predicted molar refractivity (Wildman–Crippen MR) is 114 cm³/mol. The molecule has 29 heavy (non-hydrogen) atoms. The van der Waals surface area contributed by atoms with Gasteiger partial charge in [-0.25, -0.2) is 15.0 Å². The van der Waals surface area contributed by atoms with Gasteiger partial charge in [0.15, 0.2) is 0 Å². The number of pyridine rings is 1. The lowest BCUT2D eigenvalue weighted by atomic mass is 10.1. The third kappa shape index (κ3) is 5.07. The van der Waals surface area contributed by atoms with Crippen molar-refractivity contribution in [2.24, 2.45) is 0 Å². The van der Waals surface area contributed by atoms with Crippen molar-refractivity contribution in [3.63, 3.8) is 0 Å². The van der Waals surface area contributed by atoms with E-state index in [1.807, 2.05) is 48.5 Å². The summed E-state index contributed by atoms with van der Waals surface area (Å²) in [7, 11) is 0. The van der Waals surface area contributed by atoms with Crippen LogP contribution in [0.25, 0.3) is 0 Å². The van der Waals surface area contributed by atoms with E-state index < -0.39 is 0 Å². The minimum Gasteiger partial charge on any atom is -0.353 e. The maximum absolute atomic E-state index is 12.2. The molecule has 1 aromatic carbocycles. The number of anilines is 3. The van der Waals surface area contributed by atoms with Crippen LogP contribution in [0.5, 0.6) is 0 Å². The van der Waals surface area contributed by atoms with Crippen molar-refractivity contribution in [1.29, 1.82) is 0 Å². The summed E-state index contributed by atoms with van der Waals surface area (Å²) in [5, 5.41) is 2.93. The van der Waals surface area contributed by atoms with E-state index >= 15 is 0 Å². The molecular weight excluding hydrogens is 364 g/mol. The van der Waals surface area contributed by atoms with Crippen LogP contribution in [0.15, 0.2) is 67.1 Å². The highest BCUT2D eigenvalue weighted by atomic mass is 16.1. The zero-order chi connectivity index (χ0) is 19.9. The number of aryl methyl sites for hydroxylation is 1. The molecule has 1 aliphatic rings. The number of hydrogen-bond donors (Lipinski definition) is 1. The Bertz CT molecular complexity index is 909. The van der Waals surface area contributed by atoms with Crippen LogP contribution in [0.2, 0.25) is 0 Å². The molecule has 3 aromatic rings. The highest BCUT2D eigenvalue weighted by Crippen LogP contribution is 2.18. The molecule has 0 atom stereocenters. The van der Waals surface area contributed by atoms with Crippen molar-refractivity contribution < 1.29 is 4.79 Å². The highest BCUT2D eigenvalue weighted by Gasteiger charge is 2.19. The lowest BCUT2D eigenvalue weighted by Gasteiger charge is -2.35. The van der Waals surface area contributed by atoms with Crippen LogP contribution >= 0.6 is 0 Å². The van der Waals surface area contributed by atoms with Crippen LogP contribution in [0.4, 0.5) is 17.5 Å². The van der Waals surface area contributed by atoms with Gasteiger partial charge in [-0.2, -0.15) is 0 Å². The number of carbonyl (C=O) groups excluding carboxylic acids is 1. The molecule has 7 nitrogen and oxygen atoms in total. The molecule has 0 unspecified atom stereocenters. The monoisotopic (exact) mass is 388 g/mol. The molecule has 148 valence electrons. The Morgan fingerprint density at radius 2 is 1.59 bits per heavy atom. The minimum absolute atomic E-state index is 0.000113. The predicted octanol–water partition coefficient (Wildman–Crippen LogP) is 2.77. The summed E-state index contributed by atoms with van der Waals surface area (Å²) in [6.07, 6.45) is 6.44. The van der Waals surface area contributed by atoms with E-state index in [4.69, 9.17) is 0 Å². The van der Waals surface area contributed by atoms with Gasteiger partial charge in [0.25, 0.3) is 0 Å². The Hall–Kier alpha value is -3.48. The van der Waals surface area contributed by atoms with Gasteiger partial charge in [0, 0.05) is 45.0 Å². The number of benzene rings is 1.